The highest BCUT2D eigenvalue weighted by Gasteiger charge is 2.24. The van der Waals surface area contributed by atoms with Gasteiger partial charge < -0.3 is 20.1 Å². The number of halogens is 2. The maximum absolute atomic E-state index is 13.6. The third kappa shape index (κ3) is 5.41. The van der Waals surface area contributed by atoms with Gasteiger partial charge in [0.05, 0.1) is 23.8 Å². The van der Waals surface area contributed by atoms with Gasteiger partial charge in [0.25, 0.3) is 0 Å². The summed E-state index contributed by atoms with van der Waals surface area (Å²) >= 11 is 5.94. The Morgan fingerprint density at radius 1 is 0.914 bits per heavy atom. The number of methoxy groups -OCH3 is 1. The second kappa shape index (κ2) is 10.4. The van der Waals surface area contributed by atoms with Crippen LogP contribution in [0.5, 0.6) is 11.5 Å². The van der Waals surface area contributed by atoms with Crippen molar-refractivity contribution in [1.29, 1.82) is 0 Å². The Hall–Kier alpha value is -3.58. The summed E-state index contributed by atoms with van der Waals surface area (Å²) in [6.45, 7) is 0. The van der Waals surface area contributed by atoms with Gasteiger partial charge in [0.1, 0.15) is 18.0 Å². The van der Waals surface area contributed by atoms with Crippen LogP contribution in [-0.2, 0) is 0 Å². The molecule has 8 heteroatoms. The van der Waals surface area contributed by atoms with E-state index in [0.717, 1.165) is 36.8 Å². The van der Waals surface area contributed by atoms with Crippen molar-refractivity contribution in [3.05, 3.63) is 77.8 Å². The molecule has 0 amide bonds. The van der Waals surface area contributed by atoms with Crippen molar-refractivity contribution < 1.29 is 13.9 Å². The van der Waals surface area contributed by atoms with E-state index in [1.807, 2.05) is 30.3 Å². The molecule has 1 aliphatic carbocycles. The molecule has 0 aliphatic heterocycles. The number of nitrogens with zero attached hydrogens (tertiary/aromatic N) is 2. The Morgan fingerprint density at radius 2 is 1.71 bits per heavy atom. The van der Waals surface area contributed by atoms with Crippen LogP contribution in [0.4, 0.5) is 21.6 Å². The van der Waals surface area contributed by atoms with Crippen LogP contribution in [0.3, 0.4) is 0 Å². The van der Waals surface area contributed by atoms with Crippen molar-refractivity contribution in [2.75, 3.05) is 17.7 Å². The fourth-order valence-corrected chi connectivity index (χ4v) is 4.58. The monoisotopic (exact) mass is 492 g/mol. The SMILES string of the molecule is COc1cc2ncnc(Nc3ccc(F)c(Cl)c3)c2cc1OC1CCC(Nc2ccccc2)CC1. The number of hydrogen-bond acceptors (Lipinski definition) is 6. The highest BCUT2D eigenvalue weighted by atomic mass is 35.5. The molecule has 3 aromatic carbocycles. The summed E-state index contributed by atoms with van der Waals surface area (Å²) in [5.41, 5.74) is 2.48. The lowest BCUT2D eigenvalue weighted by molar-refractivity contribution is 0.145. The predicted molar refractivity (Wildman–Crippen MR) is 138 cm³/mol. The second-order valence-electron chi connectivity index (χ2n) is 8.60. The first-order chi connectivity index (χ1) is 17.1. The van der Waals surface area contributed by atoms with E-state index in [9.17, 15) is 4.39 Å². The van der Waals surface area contributed by atoms with Crippen LogP contribution in [0.15, 0.2) is 67.0 Å². The van der Waals surface area contributed by atoms with Gasteiger partial charge in [-0.2, -0.15) is 0 Å². The smallest absolute Gasteiger partial charge is 0.162 e. The lowest BCUT2D eigenvalue weighted by Crippen LogP contribution is -2.31. The van der Waals surface area contributed by atoms with E-state index in [0.29, 0.717) is 34.6 Å². The van der Waals surface area contributed by atoms with Crippen LogP contribution in [0.25, 0.3) is 10.9 Å². The van der Waals surface area contributed by atoms with Crippen LogP contribution in [0.2, 0.25) is 5.02 Å². The molecule has 2 N–H and O–H groups in total. The zero-order valence-corrected chi connectivity index (χ0v) is 20.1. The zero-order valence-electron chi connectivity index (χ0n) is 19.3. The number of para-hydroxylation sites is 1. The molecular weight excluding hydrogens is 467 g/mol. The lowest BCUT2D eigenvalue weighted by Gasteiger charge is -2.30. The van der Waals surface area contributed by atoms with Crippen molar-refractivity contribution in [2.24, 2.45) is 0 Å². The van der Waals surface area contributed by atoms with Crippen LogP contribution in [-0.4, -0.2) is 29.2 Å². The van der Waals surface area contributed by atoms with E-state index in [2.05, 4.69) is 32.7 Å². The summed E-state index contributed by atoms with van der Waals surface area (Å²) in [4.78, 5) is 8.76. The van der Waals surface area contributed by atoms with Crippen molar-refractivity contribution >= 4 is 39.7 Å². The minimum atomic E-state index is -0.473. The van der Waals surface area contributed by atoms with Crippen LogP contribution in [0, 0.1) is 5.82 Å². The molecule has 1 fully saturated rings. The molecule has 0 atom stereocenters. The molecule has 0 saturated heterocycles. The number of hydrogen-bond donors (Lipinski definition) is 2. The summed E-state index contributed by atoms with van der Waals surface area (Å²) < 4.78 is 25.6. The molecule has 6 nitrogen and oxygen atoms in total. The van der Waals surface area contributed by atoms with Crippen molar-refractivity contribution in [3.63, 3.8) is 0 Å². The number of fused-ring (bicyclic) bond motifs is 1. The normalized spacial score (nSPS) is 17.7. The van der Waals surface area contributed by atoms with Crippen molar-refractivity contribution in [1.82, 2.24) is 9.97 Å². The van der Waals surface area contributed by atoms with Gasteiger partial charge in [-0.3, -0.25) is 0 Å². The number of rotatable bonds is 7. The van der Waals surface area contributed by atoms with Gasteiger partial charge >= 0.3 is 0 Å². The maximum Gasteiger partial charge on any atom is 0.162 e. The standard InChI is InChI=1S/C27H26ClFN4O2/c1-34-25-15-24-21(27(31-16-30-24)33-19-9-12-23(29)22(28)13-19)14-26(25)35-20-10-7-18(8-11-20)32-17-5-3-2-4-6-17/h2-6,9,12-16,18,20,32H,7-8,10-11H2,1H3,(H,30,31,33). The van der Waals surface area contributed by atoms with Gasteiger partial charge in [-0.15, -0.1) is 0 Å². The molecule has 1 saturated carbocycles. The topological polar surface area (TPSA) is 68.3 Å². The summed E-state index contributed by atoms with van der Waals surface area (Å²) in [5, 5.41) is 7.62. The number of ether oxygens (including phenoxy) is 2. The molecule has 0 radical (unpaired) electrons. The number of anilines is 3. The van der Waals surface area contributed by atoms with Crippen LogP contribution >= 0.6 is 11.6 Å². The largest absolute Gasteiger partial charge is 0.493 e. The molecular formula is C27H26ClFN4O2. The summed E-state index contributed by atoms with van der Waals surface area (Å²) in [7, 11) is 1.62. The third-order valence-corrected chi connectivity index (χ3v) is 6.51. The molecule has 180 valence electrons. The van der Waals surface area contributed by atoms with E-state index in [1.165, 1.54) is 18.5 Å². The van der Waals surface area contributed by atoms with E-state index >= 15 is 0 Å². The molecule has 1 aliphatic rings. The Kier molecular flexibility index (Phi) is 6.86. The number of benzene rings is 3. The number of nitrogens with one attached hydrogen (secondary N) is 2. The van der Waals surface area contributed by atoms with Gasteiger partial charge in [-0.1, -0.05) is 29.8 Å². The molecule has 4 aromatic rings. The molecule has 0 bridgehead atoms. The van der Waals surface area contributed by atoms with Gasteiger partial charge in [0.15, 0.2) is 11.5 Å². The molecule has 5 rings (SSSR count). The quantitative estimate of drug-likeness (QED) is 0.290. The van der Waals surface area contributed by atoms with E-state index in [-0.39, 0.29) is 11.1 Å². The Balaban J connectivity index is 1.33. The molecule has 1 heterocycles. The van der Waals surface area contributed by atoms with Gasteiger partial charge in [-0.25, -0.2) is 14.4 Å². The summed E-state index contributed by atoms with van der Waals surface area (Å²) in [6.07, 6.45) is 5.49. The minimum Gasteiger partial charge on any atom is -0.493 e. The van der Waals surface area contributed by atoms with E-state index in [4.69, 9.17) is 21.1 Å². The first-order valence-corrected chi connectivity index (χ1v) is 12.0. The average Bonchev–Trinajstić information content (AvgIpc) is 2.88. The van der Waals surface area contributed by atoms with Gasteiger partial charge in [0.2, 0.25) is 0 Å². The molecule has 35 heavy (non-hydrogen) atoms. The molecule has 0 unspecified atom stereocenters. The molecule has 0 spiro atoms. The molecule has 1 aromatic heterocycles. The van der Waals surface area contributed by atoms with Crippen LogP contribution < -0.4 is 20.1 Å². The second-order valence-corrected chi connectivity index (χ2v) is 9.01. The van der Waals surface area contributed by atoms with Gasteiger partial charge in [-0.05, 0) is 62.1 Å². The minimum absolute atomic E-state index is 0.0383. The lowest BCUT2D eigenvalue weighted by atomic mass is 9.92. The van der Waals surface area contributed by atoms with Crippen LogP contribution in [0.1, 0.15) is 25.7 Å². The highest BCUT2D eigenvalue weighted by molar-refractivity contribution is 6.31. The Labute approximate surface area is 208 Å². The first kappa shape index (κ1) is 23.2. The Morgan fingerprint density at radius 3 is 2.46 bits per heavy atom. The van der Waals surface area contributed by atoms with E-state index in [1.54, 1.807) is 13.2 Å². The Bertz CT molecular complexity index is 1310. The predicted octanol–water partition coefficient (Wildman–Crippen LogP) is 6.98. The van der Waals surface area contributed by atoms with Gasteiger partial charge in [0, 0.05) is 28.9 Å². The summed E-state index contributed by atoms with van der Waals surface area (Å²) in [5.74, 6) is 1.37. The summed E-state index contributed by atoms with van der Waals surface area (Å²) in [6, 6.07) is 18.9. The fourth-order valence-electron chi connectivity index (χ4n) is 4.40. The average molecular weight is 493 g/mol. The third-order valence-electron chi connectivity index (χ3n) is 6.22. The first-order valence-electron chi connectivity index (χ1n) is 11.6. The zero-order chi connectivity index (χ0) is 24.2. The van der Waals surface area contributed by atoms with E-state index < -0.39 is 5.82 Å². The fraction of sp³-hybridized carbons (Fsp3) is 0.259. The highest BCUT2D eigenvalue weighted by Crippen LogP contribution is 2.37. The van der Waals surface area contributed by atoms with Crippen molar-refractivity contribution in [3.8, 4) is 11.5 Å². The maximum atomic E-state index is 13.6. The van der Waals surface area contributed by atoms with Crippen molar-refractivity contribution in [2.45, 2.75) is 37.8 Å². The number of aromatic nitrogens is 2.